The molecule has 28 heavy (non-hydrogen) atoms. The maximum Gasteiger partial charge on any atom is 0.255 e. The Labute approximate surface area is 164 Å². The van der Waals surface area contributed by atoms with Gasteiger partial charge in [0, 0.05) is 11.3 Å². The van der Waals surface area contributed by atoms with Crippen LogP contribution < -0.4 is 15.4 Å². The fourth-order valence-electron chi connectivity index (χ4n) is 2.83. The van der Waals surface area contributed by atoms with E-state index in [0.29, 0.717) is 29.1 Å². The van der Waals surface area contributed by atoms with Gasteiger partial charge in [0.2, 0.25) is 5.91 Å². The predicted molar refractivity (Wildman–Crippen MR) is 111 cm³/mol. The van der Waals surface area contributed by atoms with Crippen LogP contribution in [-0.4, -0.2) is 18.9 Å². The largest absolute Gasteiger partial charge is 0.495 e. The van der Waals surface area contributed by atoms with E-state index in [1.165, 1.54) is 0 Å². The van der Waals surface area contributed by atoms with Gasteiger partial charge in [0.1, 0.15) is 5.75 Å². The molecule has 0 saturated heterocycles. The third-order valence-corrected chi connectivity index (χ3v) is 4.40. The van der Waals surface area contributed by atoms with E-state index in [0.717, 1.165) is 11.1 Å². The minimum Gasteiger partial charge on any atom is -0.495 e. The summed E-state index contributed by atoms with van der Waals surface area (Å²) in [6.07, 6.45) is 0.308. The van der Waals surface area contributed by atoms with Gasteiger partial charge in [-0.05, 0) is 54.4 Å². The highest BCUT2D eigenvalue weighted by Crippen LogP contribution is 2.24. The SMILES string of the molecule is COc1ccccc1NC(=O)c1ccc(NC(=O)Cc2ccccc2C)cc1. The van der Waals surface area contributed by atoms with Crippen LogP contribution in [0.2, 0.25) is 0 Å². The highest BCUT2D eigenvalue weighted by atomic mass is 16.5. The highest BCUT2D eigenvalue weighted by molar-refractivity contribution is 6.05. The second kappa shape index (κ2) is 8.86. The average Bonchev–Trinajstić information content (AvgIpc) is 2.70. The molecule has 0 spiro atoms. The molecule has 0 aliphatic rings. The molecule has 0 aliphatic carbocycles. The zero-order chi connectivity index (χ0) is 19.9. The summed E-state index contributed by atoms with van der Waals surface area (Å²) in [7, 11) is 1.55. The first-order chi connectivity index (χ1) is 13.6. The van der Waals surface area contributed by atoms with Gasteiger partial charge in [-0.1, -0.05) is 36.4 Å². The molecule has 2 N–H and O–H groups in total. The van der Waals surface area contributed by atoms with Gasteiger partial charge in [-0.15, -0.1) is 0 Å². The number of para-hydroxylation sites is 2. The molecule has 0 unspecified atom stereocenters. The first-order valence-corrected chi connectivity index (χ1v) is 8.95. The molecule has 0 aromatic heterocycles. The Balaban J connectivity index is 1.62. The fourth-order valence-corrected chi connectivity index (χ4v) is 2.83. The summed E-state index contributed by atoms with van der Waals surface area (Å²) in [6.45, 7) is 1.98. The molecular weight excluding hydrogens is 352 g/mol. The van der Waals surface area contributed by atoms with E-state index in [1.54, 1.807) is 43.5 Å². The molecule has 3 aromatic rings. The maximum absolute atomic E-state index is 12.4. The molecule has 0 radical (unpaired) electrons. The summed E-state index contributed by atoms with van der Waals surface area (Å²) >= 11 is 0. The fraction of sp³-hybridized carbons (Fsp3) is 0.130. The molecule has 0 fully saturated rings. The lowest BCUT2D eigenvalue weighted by atomic mass is 10.1. The van der Waals surface area contributed by atoms with Crippen LogP contribution in [0.4, 0.5) is 11.4 Å². The van der Waals surface area contributed by atoms with E-state index in [2.05, 4.69) is 10.6 Å². The van der Waals surface area contributed by atoms with Crippen LogP contribution in [-0.2, 0) is 11.2 Å². The molecule has 5 nitrogen and oxygen atoms in total. The Morgan fingerprint density at radius 3 is 2.25 bits per heavy atom. The Morgan fingerprint density at radius 2 is 1.54 bits per heavy atom. The summed E-state index contributed by atoms with van der Waals surface area (Å²) in [5.41, 5.74) is 3.81. The number of aryl methyl sites for hydroxylation is 1. The van der Waals surface area contributed by atoms with Crippen molar-refractivity contribution in [3.8, 4) is 5.75 Å². The minimum absolute atomic E-state index is 0.0967. The molecule has 2 amide bonds. The summed E-state index contributed by atoms with van der Waals surface area (Å²) in [5, 5.41) is 5.69. The van der Waals surface area contributed by atoms with Crippen molar-refractivity contribution in [2.45, 2.75) is 13.3 Å². The Hall–Kier alpha value is -3.60. The Kier molecular flexibility index (Phi) is 6.07. The third-order valence-electron chi connectivity index (χ3n) is 4.40. The van der Waals surface area contributed by atoms with E-state index in [9.17, 15) is 9.59 Å². The monoisotopic (exact) mass is 374 g/mol. The number of benzene rings is 3. The van der Waals surface area contributed by atoms with Crippen LogP contribution >= 0.6 is 0 Å². The highest BCUT2D eigenvalue weighted by Gasteiger charge is 2.10. The van der Waals surface area contributed by atoms with Crippen LogP contribution in [0.15, 0.2) is 72.8 Å². The standard InChI is InChI=1S/C23H22N2O3/c1-16-7-3-4-8-18(16)15-22(26)24-19-13-11-17(12-14-19)23(27)25-20-9-5-6-10-21(20)28-2/h3-14H,15H2,1-2H3,(H,24,26)(H,25,27). The van der Waals surface area contributed by atoms with Crippen molar-refractivity contribution in [2.24, 2.45) is 0 Å². The van der Waals surface area contributed by atoms with Gasteiger partial charge in [0.25, 0.3) is 5.91 Å². The number of ether oxygens (including phenoxy) is 1. The molecule has 0 saturated carbocycles. The first-order valence-electron chi connectivity index (χ1n) is 8.95. The lowest BCUT2D eigenvalue weighted by Crippen LogP contribution is -2.16. The van der Waals surface area contributed by atoms with Crippen LogP contribution in [0.5, 0.6) is 5.75 Å². The smallest absolute Gasteiger partial charge is 0.255 e. The van der Waals surface area contributed by atoms with Crippen LogP contribution in [0.1, 0.15) is 21.5 Å². The summed E-state index contributed by atoms with van der Waals surface area (Å²) in [5.74, 6) is 0.249. The van der Waals surface area contributed by atoms with E-state index in [-0.39, 0.29) is 11.8 Å². The van der Waals surface area contributed by atoms with Crippen LogP contribution in [0, 0.1) is 6.92 Å². The second-order valence-corrected chi connectivity index (χ2v) is 6.38. The lowest BCUT2D eigenvalue weighted by molar-refractivity contribution is -0.115. The topological polar surface area (TPSA) is 67.4 Å². The maximum atomic E-state index is 12.4. The molecular formula is C23H22N2O3. The normalized spacial score (nSPS) is 10.2. The van der Waals surface area contributed by atoms with Gasteiger partial charge < -0.3 is 15.4 Å². The number of carbonyl (C=O) groups excluding carboxylic acids is 2. The number of amides is 2. The second-order valence-electron chi connectivity index (χ2n) is 6.38. The lowest BCUT2D eigenvalue weighted by Gasteiger charge is -2.11. The number of methoxy groups -OCH3 is 1. The van der Waals surface area contributed by atoms with Crippen molar-refractivity contribution in [3.63, 3.8) is 0 Å². The summed E-state index contributed by atoms with van der Waals surface area (Å²) in [6, 6.07) is 21.8. The zero-order valence-corrected chi connectivity index (χ0v) is 15.9. The number of nitrogens with one attached hydrogen (secondary N) is 2. The molecule has 0 aliphatic heterocycles. The van der Waals surface area contributed by atoms with Gasteiger partial charge in [0.05, 0.1) is 19.2 Å². The number of carbonyl (C=O) groups is 2. The van der Waals surface area contributed by atoms with E-state index >= 15 is 0 Å². The number of rotatable bonds is 6. The average molecular weight is 374 g/mol. The van der Waals surface area contributed by atoms with E-state index in [1.807, 2.05) is 43.3 Å². The number of hydrogen-bond acceptors (Lipinski definition) is 3. The van der Waals surface area contributed by atoms with Gasteiger partial charge in [0.15, 0.2) is 0 Å². The molecule has 3 rings (SSSR count). The van der Waals surface area contributed by atoms with Gasteiger partial charge >= 0.3 is 0 Å². The third kappa shape index (κ3) is 4.76. The molecule has 3 aromatic carbocycles. The van der Waals surface area contributed by atoms with Crippen molar-refractivity contribution in [2.75, 3.05) is 17.7 Å². The van der Waals surface area contributed by atoms with Crippen molar-refractivity contribution < 1.29 is 14.3 Å². The Bertz CT molecular complexity index is 981. The van der Waals surface area contributed by atoms with Gasteiger partial charge in [-0.3, -0.25) is 9.59 Å². The summed E-state index contributed by atoms with van der Waals surface area (Å²) < 4.78 is 5.24. The van der Waals surface area contributed by atoms with Crippen molar-refractivity contribution in [3.05, 3.63) is 89.5 Å². The van der Waals surface area contributed by atoms with Gasteiger partial charge in [-0.25, -0.2) is 0 Å². The van der Waals surface area contributed by atoms with Crippen molar-refractivity contribution >= 4 is 23.2 Å². The minimum atomic E-state index is -0.248. The van der Waals surface area contributed by atoms with E-state index < -0.39 is 0 Å². The van der Waals surface area contributed by atoms with Crippen molar-refractivity contribution in [1.82, 2.24) is 0 Å². The van der Waals surface area contributed by atoms with Gasteiger partial charge in [-0.2, -0.15) is 0 Å². The molecule has 5 heteroatoms. The zero-order valence-electron chi connectivity index (χ0n) is 15.9. The molecule has 142 valence electrons. The van der Waals surface area contributed by atoms with Crippen LogP contribution in [0.3, 0.4) is 0 Å². The first kappa shape index (κ1) is 19.2. The van der Waals surface area contributed by atoms with E-state index in [4.69, 9.17) is 4.74 Å². The predicted octanol–water partition coefficient (Wildman–Crippen LogP) is 4.44. The number of anilines is 2. The quantitative estimate of drug-likeness (QED) is 0.670. The molecule has 0 bridgehead atoms. The van der Waals surface area contributed by atoms with Crippen LogP contribution in [0.25, 0.3) is 0 Å². The molecule has 0 atom stereocenters. The Morgan fingerprint density at radius 1 is 0.857 bits per heavy atom. The number of hydrogen-bond donors (Lipinski definition) is 2. The molecule has 0 heterocycles. The summed E-state index contributed by atoms with van der Waals surface area (Å²) in [4.78, 5) is 24.7. The van der Waals surface area contributed by atoms with Crippen molar-refractivity contribution in [1.29, 1.82) is 0 Å².